The van der Waals surface area contributed by atoms with Crippen LogP contribution in [0.5, 0.6) is 0 Å². The Labute approximate surface area is 160 Å². The summed E-state index contributed by atoms with van der Waals surface area (Å²) in [6.45, 7) is 1.43. The predicted octanol–water partition coefficient (Wildman–Crippen LogP) is 3.13. The number of carbonyl (C=O) groups is 1. The Morgan fingerprint density at radius 2 is 1.93 bits per heavy atom. The SMILES string of the molecule is O=C(c1n[nH]c2c1CCCC2)N1CCC([C@@H](O)CCc2ccccc2)CC1. The number of H-pyrrole nitrogens is 1. The molecule has 0 bridgehead atoms. The van der Waals surface area contributed by atoms with Gasteiger partial charge in [0.05, 0.1) is 6.10 Å². The van der Waals surface area contributed by atoms with Crippen molar-refractivity contribution in [2.45, 2.75) is 57.5 Å². The van der Waals surface area contributed by atoms with Crippen LogP contribution < -0.4 is 0 Å². The van der Waals surface area contributed by atoms with E-state index in [0.717, 1.165) is 56.2 Å². The van der Waals surface area contributed by atoms with Crippen molar-refractivity contribution < 1.29 is 9.90 Å². The van der Waals surface area contributed by atoms with Crippen LogP contribution in [0.3, 0.4) is 0 Å². The van der Waals surface area contributed by atoms with Crippen molar-refractivity contribution in [3.05, 3.63) is 52.8 Å². The molecule has 1 aromatic carbocycles. The number of aromatic amines is 1. The Morgan fingerprint density at radius 3 is 2.70 bits per heavy atom. The standard InChI is InChI=1S/C22H29N3O2/c26-20(11-10-16-6-2-1-3-7-16)17-12-14-25(15-13-17)22(27)21-18-8-4-5-9-19(18)23-24-21/h1-3,6-7,17,20,26H,4-5,8-15H2,(H,23,24)/t20-/m0/s1. The summed E-state index contributed by atoms with van der Waals surface area (Å²) in [7, 11) is 0. The first-order valence-electron chi connectivity index (χ1n) is 10.3. The van der Waals surface area contributed by atoms with Gasteiger partial charge in [0.1, 0.15) is 0 Å². The van der Waals surface area contributed by atoms with Crippen LogP contribution in [0.15, 0.2) is 30.3 Å². The molecule has 5 nitrogen and oxygen atoms in total. The minimum Gasteiger partial charge on any atom is -0.393 e. The third-order valence-corrected chi connectivity index (χ3v) is 6.20. The molecule has 1 amide bonds. The maximum absolute atomic E-state index is 12.9. The van der Waals surface area contributed by atoms with Gasteiger partial charge in [0.15, 0.2) is 5.69 Å². The average Bonchev–Trinajstić information content (AvgIpc) is 3.16. The van der Waals surface area contributed by atoms with E-state index < -0.39 is 0 Å². The number of benzene rings is 1. The summed E-state index contributed by atoms with van der Waals surface area (Å²) in [5.41, 5.74) is 4.19. The molecular weight excluding hydrogens is 338 g/mol. The Hall–Kier alpha value is -2.14. The quantitative estimate of drug-likeness (QED) is 0.853. The van der Waals surface area contributed by atoms with E-state index in [0.29, 0.717) is 18.8 Å². The lowest BCUT2D eigenvalue weighted by Crippen LogP contribution is -2.41. The molecule has 0 radical (unpaired) electrons. The largest absolute Gasteiger partial charge is 0.393 e. The molecule has 1 atom stereocenters. The van der Waals surface area contributed by atoms with Gasteiger partial charge in [0, 0.05) is 24.3 Å². The second-order valence-corrected chi connectivity index (χ2v) is 7.96. The highest BCUT2D eigenvalue weighted by atomic mass is 16.3. The van der Waals surface area contributed by atoms with Crippen LogP contribution in [-0.2, 0) is 19.3 Å². The van der Waals surface area contributed by atoms with Crippen LogP contribution in [0.25, 0.3) is 0 Å². The molecule has 144 valence electrons. The number of aromatic nitrogens is 2. The maximum atomic E-state index is 12.9. The van der Waals surface area contributed by atoms with Gasteiger partial charge in [0.2, 0.25) is 0 Å². The molecule has 0 saturated carbocycles. The molecule has 0 unspecified atom stereocenters. The van der Waals surface area contributed by atoms with E-state index in [1.165, 1.54) is 12.0 Å². The minimum absolute atomic E-state index is 0.0617. The van der Waals surface area contributed by atoms with Crippen molar-refractivity contribution in [2.75, 3.05) is 13.1 Å². The predicted molar refractivity (Wildman–Crippen MR) is 105 cm³/mol. The van der Waals surface area contributed by atoms with Crippen LogP contribution in [-0.4, -0.2) is 45.3 Å². The number of hydrogen-bond donors (Lipinski definition) is 2. The van der Waals surface area contributed by atoms with E-state index in [1.807, 2.05) is 23.1 Å². The summed E-state index contributed by atoms with van der Waals surface area (Å²) in [5, 5.41) is 18.0. The summed E-state index contributed by atoms with van der Waals surface area (Å²) in [5.74, 6) is 0.345. The fraction of sp³-hybridized carbons (Fsp3) is 0.545. The van der Waals surface area contributed by atoms with Crippen molar-refractivity contribution in [3.8, 4) is 0 Å². The number of fused-ring (bicyclic) bond motifs is 1. The molecular formula is C22H29N3O2. The van der Waals surface area contributed by atoms with Gasteiger partial charge in [-0.1, -0.05) is 30.3 Å². The number of aliphatic hydroxyl groups excluding tert-OH is 1. The molecule has 1 saturated heterocycles. The number of likely N-dealkylation sites (tertiary alicyclic amines) is 1. The summed E-state index contributed by atoms with van der Waals surface area (Å²) in [6.07, 6.45) is 7.42. The molecule has 27 heavy (non-hydrogen) atoms. The van der Waals surface area contributed by atoms with Gasteiger partial charge in [0.25, 0.3) is 5.91 Å². The first-order valence-corrected chi connectivity index (χ1v) is 10.3. The van der Waals surface area contributed by atoms with E-state index in [-0.39, 0.29) is 17.9 Å². The van der Waals surface area contributed by atoms with Crippen LogP contribution >= 0.6 is 0 Å². The molecule has 2 aliphatic rings. The number of piperidine rings is 1. The molecule has 2 aromatic rings. The Morgan fingerprint density at radius 1 is 1.19 bits per heavy atom. The van der Waals surface area contributed by atoms with Crippen LogP contribution in [0.2, 0.25) is 0 Å². The first kappa shape index (κ1) is 18.2. The molecule has 4 rings (SSSR count). The van der Waals surface area contributed by atoms with Gasteiger partial charge in [-0.3, -0.25) is 9.89 Å². The number of aliphatic hydroxyl groups is 1. The van der Waals surface area contributed by atoms with Crippen LogP contribution in [0.4, 0.5) is 0 Å². The monoisotopic (exact) mass is 367 g/mol. The number of nitrogens with one attached hydrogen (secondary N) is 1. The topological polar surface area (TPSA) is 69.2 Å². The van der Waals surface area contributed by atoms with E-state index in [2.05, 4.69) is 22.3 Å². The fourth-order valence-electron chi connectivity index (χ4n) is 4.49. The summed E-state index contributed by atoms with van der Waals surface area (Å²) >= 11 is 0. The highest BCUT2D eigenvalue weighted by molar-refractivity contribution is 5.94. The van der Waals surface area contributed by atoms with Gasteiger partial charge in [-0.05, 0) is 62.8 Å². The molecule has 0 spiro atoms. The van der Waals surface area contributed by atoms with E-state index in [1.54, 1.807) is 0 Å². The van der Waals surface area contributed by atoms with Crippen LogP contribution in [0, 0.1) is 5.92 Å². The molecule has 1 fully saturated rings. The Balaban J connectivity index is 1.29. The summed E-state index contributed by atoms with van der Waals surface area (Å²) in [6, 6.07) is 10.3. The minimum atomic E-state index is -0.291. The zero-order valence-electron chi connectivity index (χ0n) is 15.9. The summed E-state index contributed by atoms with van der Waals surface area (Å²) in [4.78, 5) is 14.8. The highest BCUT2D eigenvalue weighted by Crippen LogP contribution is 2.27. The fourth-order valence-corrected chi connectivity index (χ4v) is 4.49. The highest BCUT2D eigenvalue weighted by Gasteiger charge is 2.30. The molecule has 1 aliphatic carbocycles. The van der Waals surface area contributed by atoms with Crippen molar-refractivity contribution in [1.29, 1.82) is 0 Å². The Kier molecular flexibility index (Phi) is 5.58. The number of carbonyl (C=O) groups excluding carboxylic acids is 1. The van der Waals surface area contributed by atoms with Gasteiger partial charge in [-0.25, -0.2) is 0 Å². The van der Waals surface area contributed by atoms with Gasteiger partial charge >= 0.3 is 0 Å². The van der Waals surface area contributed by atoms with Gasteiger partial charge in [-0.15, -0.1) is 0 Å². The zero-order valence-corrected chi connectivity index (χ0v) is 15.9. The number of amides is 1. The smallest absolute Gasteiger partial charge is 0.274 e. The molecule has 5 heteroatoms. The number of rotatable bonds is 5. The third kappa shape index (κ3) is 4.08. The first-order chi connectivity index (χ1) is 13.2. The van der Waals surface area contributed by atoms with Crippen molar-refractivity contribution in [2.24, 2.45) is 5.92 Å². The normalized spacial score (nSPS) is 18.9. The average molecular weight is 367 g/mol. The van der Waals surface area contributed by atoms with Gasteiger partial charge < -0.3 is 10.0 Å². The molecule has 2 N–H and O–H groups in total. The van der Waals surface area contributed by atoms with Crippen molar-refractivity contribution >= 4 is 5.91 Å². The second kappa shape index (κ2) is 8.26. The van der Waals surface area contributed by atoms with Crippen LogP contribution in [0.1, 0.15) is 59.4 Å². The number of nitrogens with zero attached hydrogens (tertiary/aromatic N) is 2. The van der Waals surface area contributed by atoms with E-state index in [4.69, 9.17) is 0 Å². The lowest BCUT2D eigenvalue weighted by atomic mass is 9.88. The number of hydrogen-bond acceptors (Lipinski definition) is 3. The molecule has 1 aliphatic heterocycles. The third-order valence-electron chi connectivity index (χ3n) is 6.20. The number of aryl methyl sites for hydroxylation is 2. The summed E-state index contributed by atoms with van der Waals surface area (Å²) < 4.78 is 0. The lowest BCUT2D eigenvalue weighted by molar-refractivity contribution is 0.0432. The Bertz CT molecular complexity index is 763. The maximum Gasteiger partial charge on any atom is 0.274 e. The zero-order chi connectivity index (χ0) is 18.6. The van der Waals surface area contributed by atoms with Crippen molar-refractivity contribution in [1.82, 2.24) is 15.1 Å². The second-order valence-electron chi connectivity index (χ2n) is 7.96. The van der Waals surface area contributed by atoms with Gasteiger partial charge in [-0.2, -0.15) is 5.10 Å². The van der Waals surface area contributed by atoms with E-state index >= 15 is 0 Å². The van der Waals surface area contributed by atoms with E-state index in [9.17, 15) is 9.90 Å². The lowest BCUT2D eigenvalue weighted by Gasteiger charge is -2.34. The molecule has 1 aromatic heterocycles. The van der Waals surface area contributed by atoms with Crippen molar-refractivity contribution in [3.63, 3.8) is 0 Å². The molecule has 2 heterocycles.